The van der Waals surface area contributed by atoms with Crippen LogP contribution in [0.5, 0.6) is 17.2 Å². The Balaban J connectivity index is 1.84. The lowest BCUT2D eigenvalue weighted by molar-refractivity contribution is 0.351. The van der Waals surface area contributed by atoms with Crippen LogP contribution >= 0.6 is 0 Å². The third-order valence-electron chi connectivity index (χ3n) is 3.82. The summed E-state index contributed by atoms with van der Waals surface area (Å²) in [6.07, 6.45) is 0. The quantitative estimate of drug-likeness (QED) is 0.553. The van der Waals surface area contributed by atoms with Gasteiger partial charge in [-0.05, 0) is 31.2 Å². The summed E-state index contributed by atoms with van der Waals surface area (Å²) in [7, 11) is 1.39. The van der Waals surface area contributed by atoms with Crippen LogP contribution in [0.2, 0.25) is 0 Å². The van der Waals surface area contributed by atoms with Crippen LogP contribution < -0.4 is 4.74 Å². The number of benzene rings is 2. The highest BCUT2D eigenvalue weighted by Crippen LogP contribution is 2.39. The molecule has 0 aliphatic carbocycles. The fourth-order valence-corrected chi connectivity index (χ4v) is 2.49. The fourth-order valence-electron chi connectivity index (χ4n) is 2.49. The van der Waals surface area contributed by atoms with Crippen molar-refractivity contribution in [2.75, 3.05) is 7.11 Å². The first-order valence-corrected chi connectivity index (χ1v) is 7.46. The number of phenolic OH excluding ortho intramolecular Hbond substituents is 2. The molecular formula is C17H14N4O4. The van der Waals surface area contributed by atoms with Gasteiger partial charge in [0.15, 0.2) is 17.3 Å². The van der Waals surface area contributed by atoms with Gasteiger partial charge in [0, 0.05) is 11.1 Å². The molecule has 8 nitrogen and oxygen atoms in total. The summed E-state index contributed by atoms with van der Waals surface area (Å²) < 4.78 is 12.1. The van der Waals surface area contributed by atoms with Crippen molar-refractivity contribution >= 4 is 5.84 Å². The Morgan fingerprint density at radius 3 is 2.52 bits per heavy atom. The summed E-state index contributed by atoms with van der Waals surface area (Å²) in [6, 6.07) is 10.6. The Morgan fingerprint density at radius 1 is 1.04 bits per heavy atom. The van der Waals surface area contributed by atoms with Crippen LogP contribution in [0.15, 0.2) is 40.8 Å². The number of hydrogen-bond donors (Lipinski definition) is 2. The maximum Gasteiger partial charge on any atom is 0.346 e. The number of phenols is 2. The first-order valence-electron chi connectivity index (χ1n) is 7.46. The summed E-state index contributed by atoms with van der Waals surface area (Å²) in [5.74, 6) is 0.429. The molecule has 126 valence electrons. The van der Waals surface area contributed by atoms with E-state index >= 15 is 0 Å². The standard InChI is InChI=1S/C17H14N4O4/c1-9-3-5-10(6-4-9)16-20-21-15(18-19-17(21)25-16)11-7-12(22)14(23)13(8-11)24-2/h3-8,22-23H,1-2H3. The van der Waals surface area contributed by atoms with Gasteiger partial charge in [0.05, 0.1) is 7.11 Å². The van der Waals surface area contributed by atoms with Gasteiger partial charge in [0.1, 0.15) is 0 Å². The van der Waals surface area contributed by atoms with Crippen molar-refractivity contribution < 1.29 is 19.4 Å². The van der Waals surface area contributed by atoms with Gasteiger partial charge in [0.2, 0.25) is 11.6 Å². The Morgan fingerprint density at radius 2 is 1.80 bits per heavy atom. The van der Waals surface area contributed by atoms with E-state index in [9.17, 15) is 10.2 Å². The number of rotatable bonds is 3. The number of nitrogens with zero attached hydrogens (tertiary/aromatic N) is 4. The zero-order valence-corrected chi connectivity index (χ0v) is 13.5. The number of ether oxygens (including phenoxy) is 1. The van der Waals surface area contributed by atoms with E-state index in [-0.39, 0.29) is 23.1 Å². The molecule has 0 atom stereocenters. The lowest BCUT2D eigenvalue weighted by atomic mass is 10.1. The number of hydrogen-bond acceptors (Lipinski definition) is 7. The van der Waals surface area contributed by atoms with Crippen molar-refractivity contribution in [3.63, 3.8) is 0 Å². The molecule has 2 aromatic heterocycles. The predicted octanol–water partition coefficient (Wildman–Crippen LogP) is 2.78. The molecule has 2 N–H and O–H groups in total. The number of aryl methyl sites for hydroxylation is 1. The van der Waals surface area contributed by atoms with E-state index in [4.69, 9.17) is 9.15 Å². The minimum Gasteiger partial charge on any atom is -0.504 e. The van der Waals surface area contributed by atoms with Gasteiger partial charge in [-0.15, -0.1) is 10.2 Å². The first-order chi connectivity index (χ1) is 12.1. The number of aromatic hydroxyl groups is 2. The second-order valence-corrected chi connectivity index (χ2v) is 5.54. The normalized spacial score (nSPS) is 11.1. The first kappa shape index (κ1) is 15.0. The Labute approximate surface area is 141 Å². The Kier molecular flexibility index (Phi) is 3.31. The van der Waals surface area contributed by atoms with Crippen molar-refractivity contribution in [2.24, 2.45) is 0 Å². The lowest BCUT2D eigenvalue weighted by Crippen LogP contribution is -1.93. The molecule has 0 spiro atoms. The molecule has 0 fully saturated rings. The van der Waals surface area contributed by atoms with Crippen LogP contribution in [-0.2, 0) is 0 Å². The number of methoxy groups -OCH3 is 1. The second kappa shape index (κ2) is 5.52. The van der Waals surface area contributed by atoms with Crippen LogP contribution in [0.1, 0.15) is 5.56 Å². The zero-order valence-electron chi connectivity index (χ0n) is 13.5. The summed E-state index contributed by atoms with van der Waals surface area (Å²) in [6.45, 7) is 2.00. The molecule has 4 aromatic rings. The van der Waals surface area contributed by atoms with Crippen LogP contribution in [0, 0.1) is 6.92 Å². The van der Waals surface area contributed by atoms with E-state index in [2.05, 4.69) is 15.3 Å². The van der Waals surface area contributed by atoms with Crippen LogP contribution in [0.3, 0.4) is 0 Å². The molecule has 0 saturated carbocycles. The molecule has 0 aliphatic heterocycles. The van der Waals surface area contributed by atoms with E-state index < -0.39 is 0 Å². The second-order valence-electron chi connectivity index (χ2n) is 5.54. The molecule has 0 unspecified atom stereocenters. The highest BCUT2D eigenvalue weighted by Gasteiger charge is 2.19. The molecule has 0 radical (unpaired) electrons. The van der Waals surface area contributed by atoms with Gasteiger partial charge < -0.3 is 19.4 Å². The highest BCUT2D eigenvalue weighted by atomic mass is 16.5. The zero-order chi connectivity index (χ0) is 17.6. The topological polar surface area (TPSA) is 106 Å². The lowest BCUT2D eigenvalue weighted by Gasteiger charge is -2.07. The molecule has 2 heterocycles. The average Bonchev–Trinajstić information content (AvgIpc) is 3.18. The molecule has 25 heavy (non-hydrogen) atoms. The molecule has 0 saturated heterocycles. The summed E-state index contributed by atoms with van der Waals surface area (Å²) in [5.41, 5.74) is 2.42. The maximum atomic E-state index is 9.86. The minimum absolute atomic E-state index is 0.119. The van der Waals surface area contributed by atoms with Gasteiger partial charge >= 0.3 is 5.84 Å². The van der Waals surface area contributed by atoms with Crippen LogP contribution in [0.4, 0.5) is 0 Å². The van der Waals surface area contributed by atoms with Crippen molar-refractivity contribution in [1.29, 1.82) is 0 Å². The molecule has 2 aromatic carbocycles. The molecule has 0 amide bonds. The number of aromatic nitrogens is 4. The largest absolute Gasteiger partial charge is 0.504 e. The molecular weight excluding hydrogens is 324 g/mol. The number of fused-ring (bicyclic) bond motifs is 1. The molecule has 4 rings (SSSR count). The molecule has 0 aliphatic rings. The predicted molar refractivity (Wildman–Crippen MR) is 88.5 cm³/mol. The van der Waals surface area contributed by atoms with Crippen LogP contribution in [0.25, 0.3) is 28.7 Å². The van der Waals surface area contributed by atoms with Gasteiger partial charge in [-0.25, -0.2) is 0 Å². The van der Waals surface area contributed by atoms with Crippen molar-refractivity contribution in [3.05, 3.63) is 42.0 Å². The fraction of sp³-hybridized carbons (Fsp3) is 0.118. The summed E-state index contributed by atoms with van der Waals surface area (Å²) in [5, 5.41) is 32.0. The Bertz CT molecular complexity index is 1070. The van der Waals surface area contributed by atoms with Crippen LogP contribution in [-0.4, -0.2) is 37.1 Å². The third-order valence-corrected chi connectivity index (χ3v) is 3.82. The van der Waals surface area contributed by atoms with E-state index in [1.54, 1.807) is 0 Å². The van der Waals surface area contributed by atoms with E-state index in [1.165, 1.54) is 23.8 Å². The van der Waals surface area contributed by atoms with Crippen molar-refractivity contribution in [2.45, 2.75) is 6.92 Å². The highest BCUT2D eigenvalue weighted by molar-refractivity contribution is 5.67. The maximum absolute atomic E-state index is 9.86. The summed E-state index contributed by atoms with van der Waals surface area (Å²) >= 11 is 0. The smallest absolute Gasteiger partial charge is 0.346 e. The monoisotopic (exact) mass is 338 g/mol. The van der Waals surface area contributed by atoms with Gasteiger partial charge in [-0.3, -0.25) is 0 Å². The third kappa shape index (κ3) is 2.44. The van der Waals surface area contributed by atoms with E-state index in [1.807, 2.05) is 31.2 Å². The van der Waals surface area contributed by atoms with E-state index in [0.717, 1.165) is 11.1 Å². The minimum atomic E-state index is -0.340. The SMILES string of the molecule is COc1cc(-c2nnc3oc(-c4ccc(C)cc4)nn23)cc(O)c1O. The van der Waals surface area contributed by atoms with E-state index in [0.29, 0.717) is 17.3 Å². The average molecular weight is 338 g/mol. The van der Waals surface area contributed by atoms with Crippen molar-refractivity contribution in [3.8, 4) is 40.1 Å². The van der Waals surface area contributed by atoms with Gasteiger partial charge in [-0.2, -0.15) is 4.52 Å². The molecule has 8 heteroatoms. The summed E-state index contributed by atoms with van der Waals surface area (Å²) in [4.78, 5) is 0. The van der Waals surface area contributed by atoms with Gasteiger partial charge in [0.25, 0.3) is 0 Å². The molecule has 0 bridgehead atoms. The van der Waals surface area contributed by atoms with Gasteiger partial charge in [-0.1, -0.05) is 22.8 Å². The Hall–Kier alpha value is -3.55. The van der Waals surface area contributed by atoms with Crippen molar-refractivity contribution in [1.82, 2.24) is 19.8 Å².